The van der Waals surface area contributed by atoms with Crippen LogP contribution in [-0.2, 0) is 17.8 Å². The van der Waals surface area contributed by atoms with E-state index in [1.807, 2.05) is 48.7 Å². The molecule has 150 valence electrons. The molecule has 0 spiro atoms. The molecule has 0 bridgehead atoms. The van der Waals surface area contributed by atoms with Crippen molar-refractivity contribution in [3.05, 3.63) is 71.4 Å². The minimum Gasteiger partial charge on any atom is -0.361 e. The Labute approximate surface area is 171 Å². The average Bonchev–Trinajstić information content (AvgIpc) is 3.28. The highest BCUT2D eigenvalue weighted by atomic mass is 16.2. The largest absolute Gasteiger partial charge is 0.361 e. The molecule has 2 heterocycles. The van der Waals surface area contributed by atoms with Crippen molar-refractivity contribution in [2.75, 3.05) is 6.54 Å². The van der Waals surface area contributed by atoms with E-state index in [1.54, 1.807) is 4.90 Å². The van der Waals surface area contributed by atoms with Crippen molar-refractivity contribution < 1.29 is 9.59 Å². The van der Waals surface area contributed by atoms with Gasteiger partial charge in [-0.3, -0.25) is 9.59 Å². The number of para-hydroxylation sites is 1. The molecule has 5 heteroatoms. The molecule has 1 aromatic heterocycles. The summed E-state index contributed by atoms with van der Waals surface area (Å²) >= 11 is 0. The number of amides is 2. The van der Waals surface area contributed by atoms with Crippen molar-refractivity contribution in [3.8, 4) is 0 Å². The first-order chi connectivity index (χ1) is 14.0. The Hall–Kier alpha value is -3.08. The Balaban J connectivity index is 1.43. The van der Waals surface area contributed by atoms with Gasteiger partial charge >= 0.3 is 0 Å². The third-order valence-electron chi connectivity index (χ3n) is 5.59. The minimum atomic E-state index is -0.446. The molecule has 0 radical (unpaired) electrons. The number of hydrogen-bond acceptors (Lipinski definition) is 2. The van der Waals surface area contributed by atoms with Crippen molar-refractivity contribution in [2.24, 2.45) is 5.92 Å². The van der Waals surface area contributed by atoms with Crippen LogP contribution >= 0.6 is 0 Å². The molecule has 2 N–H and O–H groups in total. The first-order valence-corrected chi connectivity index (χ1v) is 10.3. The van der Waals surface area contributed by atoms with Gasteiger partial charge in [0.25, 0.3) is 5.91 Å². The average molecular weight is 389 g/mol. The molecule has 0 saturated carbocycles. The van der Waals surface area contributed by atoms with E-state index in [2.05, 4.69) is 30.2 Å². The van der Waals surface area contributed by atoms with Crippen LogP contribution < -0.4 is 5.32 Å². The minimum absolute atomic E-state index is 0.0435. The summed E-state index contributed by atoms with van der Waals surface area (Å²) in [5.74, 6) is 0.202. The van der Waals surface area contributed by atoms with Crippen molar-refractivity contribution in [1.29, 1.82) is 0 Å². The Morgan fingerprint density at radius 2 is 1.90 bits per heavy atom. The number of hydrogen-bond donors (Lipinski definition) is 2. The molecule has 0 fully saturated rings. The second-order valence-corrected chi connectivity index (χ2v) is 8.14. The van der Waals surface area contributed by atoms with Crippen molar-refractivity contribution in [2.45, 2.75) is 39.3 Å². The van der Waals surface area contributed by atoms with E-state index in [-0.39, 0.29) is 11.8 Å². The molecule has 5 nitrogen and oxygen atoms in total. The topological polar surface area (TPSA) is 65.2 Å². The fourth-order valence-electron chi connectivity index (χ4n) is 4.13. The van der Waals surface area contributed by atoms with Gasteiger partial charge in [0.1, 0.15) is 6.04 Å². The van der Waals surface area contributed by atoms with Crippen LogP contribution in [0.15, 0.2) is 54.7 Å². The zero-order chi connectivity index (χ0) is 20.4. The van der Waals surface area contributed by atoms with E-state index in [4.69, 9.17) is 0 Å². The molecule has 1 aliphatic heterocycles. The summed E-state index contributed by atoms with van der Waals surface area (Å²) in [5, 5.41) is 4.25. The van der Waals surface area contributed by atoms with Gasteiger partial charge in [-0.1, -0.05) is 50.2 Å². The monoisotopic (exact) mass is 389 g/mol. The van der Waals surface area contributed by atoms with E-state index in [1.165, 1.54) is 10.9 Å². The normalized spacial score (nSPS) is 14.4. The third kappa shape index (κ3) is 3.90. The highest BCUT2D eigenvalue weighted by Gasteiger charge is 2.36. The van der Waals surface area contributed by atoms with Crippen molar-refractivity contribution in [3.63, 3.8) is 0 Å². The predicted octanol–water partition coefficient (Wildman–Crippen LogP) is 3.90. The molecular weight excluding hydrogens is 362 g/mol. The second kappa shape index (κ2) is 8.11. The molecule has 1 atom stereocenters. The van der Waals surface area contributed by atoms with Gasteiger partial charge in [0.15, 0.2) is 0 Å². The number of nitrogens with zero attached hydrogens (tertiary/aromatic N) is 1. The summed E-state index contributed by atoms with van der Waals surface area (Å²) < 4.78 is 0. The van der Waals surface area contributed by atoms with Crippen molar-refractivity contribution >= 4 is 22.7 Å². The lowest BCUT2D eigenvalue weighted by Crippen LogP contribution is -2.48. The first-order valence-electron chi connectivity index (χ1n) is 10.3. The number of carbonyl (C=O) groups is 2. The lowest BCUT2D eigenvalue weighted by Gasteiger charge is -2.28. The number of nitrogens with one attached hydrogen (secondary N) is 2. The molecule has 3 aromatic rings. The van der Waals surface area contributed by atoms with Crippen LogP contribution in [-0.4, -0.2) is 34.3 Å². The summed E-state index contributed by atoms with van der Waals surface area (Å²) in [7, 11) is 0. The Kier molecular flexibility index (Phi) is 5.38. The summed E-state index contributed by atoms with van der Waals surface area (Å²) in [5.41, 5.74) is 4.00. The number of benzene rings is 2. The quantitative estimate of drug-likeness (QED) is 0.644. The predicted molar refractivity (Wildman–Crippen MR) is 115 cm³/mol. The van der Waals surface area contributed by atoms with Gasteiger partial charge in [-0.2, -0.15) is 0 Å². The molecular formula is C24H27N3O2. The van der Waals surface area contributed by atoms with Gasteiger partial charge in [-0.05, 0) is 42.0 Å². The maximum atomic E-state index is 13.0. The van der Waals surface area contributed by atoms with Crippen LogP contribution in [0.2, 0.25) is 0 Å². The van der Waals surface area contributed by atoms with Gasteiger partial charge in [0.05, 0.1) is 0 Å². The molecule has 29 heavy (non-hydrogen) atoms. The van der Waals surface area contributed by atoms with Crippen molar-refractivity contribution in [1.82, 2.24) is 15.2 Å². The fourth-order valence-corrected chi connectivity index (χ4v) is 4.13. The number of fused-ring (bicyclic) bond motifs is 2. The van der Waals surface area contributed by atoms with Crippen LogP contribution in [0.5, 0.6) is 0 Å². The fraction of sp³-hybridized carbons (Fsp3) is 0.333. The highest BCUT2D eigenvalue weighted by molar-refractivity contribution is 6.01. The van der Waals surface area contributed by atoms with Gasteiger partial charge in [-0.15, -0.1) is 0 Å². The zero-order valence-corrected chi connectivity index (χ0v) is 16.9. The molecule has 2 amide bonds. The van der Waals surface area contributed by atoms with Gasteiger partial charge in [0.2, 0.25) is 5.91 Å². The number of H-pyrrole nitrogens is 1. The third-order valence-corrected chi connectivity index (χ3v) is 5.59. The summed E-state index contributed by atoms with van der Waals surface area (Å²) in [6, 6.07) is 15.3. The first kappa shape index (κ1) is 19.2. The van der Waals surface area contributed by atoms with E-state index in [0.29, 0.717) is 31.0 Å². The molecule has 0 saturated heterocycles. The number of aromatic amines is 1. The Morgan fingerprint density at radius 1 is 1.14 bits per heavy atom. The molecule has 2 aromatic carbocycles. The van der Waals surface area contributed by atoms with E-state index in [0.717, 1.165) is 17.5 Å². The van der Waals surface area contributed by atoms with Crippen LogP contribution in [0.3, 0.4) is 0 Å². The smallest absolute Gasteiger partial charge is 0.255 e. The van der Waals surface area contributed by atoms with E-state index >= 15 is 0 Å². The van der Waals surface area contributed by atoms with Gasteiger partial charge < -0.3 is 15.2 Å². The number of rotatable bonds is 7. The van der Waals surface area contributed by atoms with Crippen LogP contribution in [0, 0.1) is 5.92 Å². The maximum absolute atomic E-state index is 13.0. The van der Waals surface area contributed by atoms with Gasteiger partial charge in [0, 0.05) is 35.8 Å². The number of carbonyl (C=O) groups excluding carboxylic acids is 2. The zero-order valence-electron chi connectivity index (χ0n) is 16.9. The van der Waals surface area contributed by atoms with E-state index < -0.39 is 6.04 Å². The standard InChI is InChI=1S/C24H27N3O2/c1-16(2)13-22(27-15-18-7-3-4-9-20(18)24(27)29)23(28)25-12-11-17-14-26-21-10-6-5-8-19(17)21/h3-10,14,16,22,26H,11-13,15H2,1-2H3,(H,25,28)/t22-/m0/s1. The van der Waals surface area contributed by atoms with Gasteiger partial charge in [-0.25, -0.2) is 0 Å². The summed E-state index contributed by atoms with van der Waals surface area (Å²) in [4.78, 5) is 30.9. The molecule has 0 aliphatic carbocycles. The second-order valence-electron chi connectivity index (χ2n) is 8.14. The lowest BCUT2D eigenvalue weighted by atomic mass is 10.0. The van der Waals surface area contributed by atoms with E-state index in [9.17, 15) is 9.59 Å². The highest BCUT2D eigenvalue weighted by Crippen LogP contribution is 2.27. The molecule has 4 rings (SSSR count). The van der Waals surface area contributed by atoms with Crippen LogP contribution in [0.1, 0.15) is 41.8 Å². The Bertz CT molecular complexity index is 1040. The molecule has 0 unspecified atom stereocenters. The van der Waals surface area contributed by atoms with Crippen LogP contribution in [0.4, 0.5) is 0 Å². The Morgan fingerprint density at radius 3 is 2.69 bits per heavy atom. The lowest BCUT2D eigenvalue weighted by molar-refractivity contribution is -0.126. The maximum Gasteiger partial charge on any atom is 0.255 e. The number of aromatic nitrogens is 1. The summed E-state index contributed by atoms with van der Waals surface area (Å²) in [6.45, 7) is 5.21. The molecule has 1 aliphatic rings. The van der Waals surface area contributed by atoms with Crippen LogP contribution in [0.25, 0.3) is 10.9 Å². The summed E-state index contributed by atoms with van der Waals surface area (Å²) in [6.07, 6.45) is 3.40. The SMILES string of the molecule is CC(C)C[C@@H](C(=O)NCCc1c[nH]c2ccccc12)N1Cc2ccccc2C1=O.